The molecule has 0 saturated heterocycles. The van der Waals surface area contributed by atoms with Crippen LogP contribution in [-0.4, -0.2) is 16.2 Å². The van der Waals surface area contributed by atoms with E-state index in [2.05, 4.69) is 4.98 Å². The number of hydrogen-bond donors (Lipinski definition) is 0. The van der Waals surface area contributed by atoms with Gasteiger partial charge in [0.2, 0.25) is 0 Å². The lowest BCUT2D eigenvalue weighted by atomic mass is 10.6. The Kier molecular flexibility index (Phi) is 3.25. The number of rotatable bonds is 4. The number of imidazole rings is 1. The van der Waals surface area contributed by atoms with E-state index in [1.807, 2.05) is 23.8 Å². The minimum atomic E-state index is 0.695. The highest BCUT2D eigenvalue weighted by atomic mass is 16.5. The van der Waals surface area contributed by atoms with Gasteiger partial charge in [0, 0.05) is 12.4 Å². The van der Waals surface area contributed by atoms with Crippen molar-refractivity contribution < 1.29 is 4.74 Å². The summed E-state index contributed by atoms with van der Waals surface area (Å²) < 4.78 is 7.10. The molecule has 60 valence electrons. The second-order valence-corrected chi connectivity index (χ2v) is 2.14. The van der Waals surface area contributed by atoms with Crippen molar-refractivity contribution >= 4 is 0 Å². The van der Waals surface area contributed by atoms with E-state index in [9.17, 15) is 0 Å². The highest BCUT2D eigenvalue weighted by Gasteiger charge is 1.86. The van der Waals surface area contributed by atoms with Crippen LogP contribution in [-0.2, 0) is 11.3 Å². The van der Waals surface area contributed by atoms with Gasteiger partial charge in [-0.3, -0.25) is 0 Å². The first-order valence-electron chi connectivity index (χ1n) is 3.62. The van der Waals surface area contributed by atoms with E-state index in [0.29, 0.717) is 6.61 Å². The van der Waals surface area contributed by atoms with E-state index in [1.165, 1.54) is 0 Å². The summed E-state index contributed by atoms with van der Waals surface area (Å²) in [6.45, 7) is 3.47. The summed E-state index contributed by atoms with van der Waals surface area (Å²) in [5.74, 6) is 0. The molecule has 1 aromatic rings. The summed E-state index contributed by atoms with van der Waals surface area (Å²) in [4.78, 5) is 3.91. The Morgan fingerprint density at radius 3 is 3.18 bits per heavy atom. The van der Waals surface area contributed by atoms with Gasteiger partial charge in [0.25, 0.3) is 0 Å². The van der Waals surface area contributed by atoms with Crippen LogP contribution in [0.3, 0.4) is 0 Å². The quantitative estimate of drug-likeness (QED) is 0.482. The van der Waals surface area contributed by atoms with Gasteiger partial charge in [0.15, 0.2) is 0 Å². The molecule has 0 spiro atoms. The average molecular weight is 152 g/mol. The topological polar surface area (TPSA) is 27.1 Å². The molecule has 0 bridgehead atoms. The fourth-order valence-corrected chi connectivity index (χ4v) is 0.741. The fraction of sp³-hybridized carbons (Fsp3) is 0.375. The van der Waals surface area contributed by atoms with E-state index in [-0.39, 0.29) is 0 Å². The van der Waals surface area contributed by atoms with Crippen LogP contribution in [0.2, 0.25) is 0 Å². The van der Waals surface area contributed by atoms with Crippen molar-refractivity contribution in [3.05, 3.63) is 31.1 Å². The highest BCUT2D eigenvalue weighted by Crippen LogP contribution is 1.86. The third-order valence-electron chi connectivity index (χ3n) is 1.26. The summed E-state index contributed by atoms with van der Waals surface area (Å²) in [6.07, 6.45) is 9.01. The van der Waals surface area contributed by atoms with Crippen LogP contribution in [0.15, 0.2) is 31.1 Å². The molecular formula is C8H12N2O. The van der Waals surface area contributed by atoms with Gasteiger partial charge in [-0.15, -0.1) is 0 Å². The van der Waals surface area contributed by atoms with Crippen molar-refractivity contribution in [2.45, 2.75) is 13.5 Å². The molecule has 0 aliphatic rings. The van der Waals surface area contributed by atoms with Gasteiger partial charge in [0.05, 0.1) is 19.1 Å². The monoisotopic (exact) mass is 152 g/mol. The Bertz CT molecular complexity index is 204. The number of allylic oxidation sites excluding steroid dienone is 1. The molecule has 0 aliphatic carbocycles. The van der Waals surface area contributed by atoms with Gasteiger partial charge < -0.3 is 9.30 Å². The molecule has 1 aromatic heterocycles. The van der Waals surface area contributed by atoms with Gasteiger partial charge >= 0.3 is 0 Å². The van der Waals surface area contributed by atoms with Crippen LogP contribution in [0.25, 0.3) is 0 Å². The average Bonchev–Trinajstić information content (AvgIpc) is 2.50. The maximum absolute atomic E-state index is 5.13. The first kappa shape index (κ1) is 7.85. The zero-order valence-electron chi connectivity index (χ0n) is 6.60. The van der Waals surface area contributed by atoms with Gasteiger partial charge in [-0.1, -0.05) is 6.08 Å². The van der Waals surface area contributed by atoms with Crippen LogP contribution >= 0.6 is 0 Å². The van der Waals surface area contributed by atoms with Crippen molar-refractivity contribution in [3.63, 3.8) is 0 Å². The molecule has 3 nitrogen and oxygen atoms in total. The highest BCUT2D eigenvalue weighted by molar-refractivity contribution is 4.74. The summed E-state index contributed by atoms with van der Waals surface area (Å²) in [7, 11) is 0. The van der Waals surface area contributed by atoms with E-state index in [0.717, 1.165) is 6.54 Å². The molecular weight excluding hydrogens is 140 g/mol. The molecule has 0 atom stereocenters. The van der Waals surface area contributed by atoms with Crippen LogP contribution in [0.5, 0.6) is 0 Å². The number of nitrogens with zero attached hydrogens (tertiary/aromatic N) is 2. The van der Waals surface area contributed by atoms with Gasteiger partial charge in [-0.2, -0.15) is 0 Å². The molecule has 0 unspecified atom stereocenters. The molecule has 0 saturated carbocycles. The third kappa shape index (κ3) is 2.89. The van der Waals surface area contributed by atoms with Crippen molar-refractivity contribution in [3.8, 4) is 0 Å². The van der Waals surface area contributed by atoms with E-state index in [4.69, 9.17) is 4.74 Å². The Morgan fingerprint density at radius 2 is 2.55 bits per heavy atom. The minimum absolute atomic E-state index is 0.695. The van der Waals surface area contributed by atoms with Crippen LogP contribution in [0.4, 0.5) is 0 Å². The summed E-state index contributed by atoms with van der Waals surface area (Å²) >= 11 is 0. The van der Waals surface area contributed by atoms with Crippen molar-refractivity contribution in [2.75, 3.05) is 6.61 Å². The number of ether oxygens (including phenoxy) is 1. The predicted octanol–water partition coefficient (Wildman–Crippen LogP) is 1.43. The first-order valence-corrected chi connectivity index (χ1v) is 3.62. The summed E-state index contributed by atoms with van der Waals surface area (Å²) in [6, 6.07) is 0. The minimum Gasteiger partial charge on any atom is -0.500 e. The molecule has 11 heavy (non-hydrogen) atoms. The molecule has 0 aromatic carbocycles. The Hall–Kier alpha value is -1.25. The fourth-order valence-electron chi connectivity index (χ4n) is 0.741. The molecule has 1 rings (SSSR count). The largest absolute Gasteiger partial charge is 0.500 e. The van der Waals surface area contributed by atoms with Crippen molar-refractivity contribution in [2.24, 2.45) is 0 Å². The molecule has 0 aliphatic heterocycles. The van der Waals surface area contributed by atoms with Gasteiger partial charge in [0.1, 0.15) is 6.61 Å². The lowest BCUT2D eigenvalue weighted by Crippen LogP contribution is -2.00. The van der Waals surface area contributed by atoms with Crippen LogP contribution < -0.4 is 0 Å². The normalized spacial score (nSPS) is 10.6. The Morgan fingerprint density at radius 1 is 1.64 bits per heavy atom. The second-order valence-electron chi connectivity index (χ2n) is 2.14. The number of hydrogen-bond acceptors (Lipinski definition) is 2. The van der Waals surface area contributed by atoms with Gasteiger partial charge in [-0.25, -0.2) is 4.98 Å². The Balaban J connectivity index is 2.14. The molecule has 1 heterocycles. The zero-order chi connectivity index (χ0) is 7.94. The van der Waals surface area contributed by atoms with Crippen molar-refractivity contribution in [1.29, 1.82) is 0 Å². The van der Waals surface area contributed by atoms with Crippen molar-refractivity contribution in [1.82, 2.24) is 9.55 Å². The second kappa shape index (κ2) is 4.55. The first-order chi connectivity index (χ1) is 5.43. The molecule has 0 amide bonds. The molecule has 0 N–H and O–H groups in total. The van der Waals surface area contributed by atoms with Gasteiger partial charge in [-0.05, 0) is 6.92 Å². The lowest BCUT2D eigenvalue weighted by Gasteiger charge is -2.00. The SMILES string of the molecule is CC=COCCn1ccnc1. The number of aromatic nitrogens is 2. The smallest absolute Gasteiger partial charge is 0.105 e. The molecule has 0 fully saturated rings. The van der Waals surface area contributed by atoms with E-state index < -0.39 is 0 Å². The molecule has 0 radical (unpaired) electrons. The van der Waals surface area contributed by atoms with E-state index in [1.54, 1.807) is 18.8 Å². The van der Waals surface area contributed by atoms with Crippen LogP contribution in [0, 0.1) is 0 Å². The summed E-state index contributed by atoms with van der Waals surface area (Å²) in [5.41, 5.74) is 0. The van der Waals surface area contributed by atoms with Crippen LogP contribution in [0.1, 0.15) is 6.92 Å². The Labute approximate surface area is 66.3 Å². The molecule has 3 heteroatoms. The summed E-state index contributed by atoms with van der Waals surface area (Å²) in [5, 5.41) is 0. The maximum Gasteiger partial charge on any atom is 0.105 e. The lowest BCUT2D eigenvalue weighted by molar-refractivity contribution is 0.234. The zero-order valence-corrected chi connectivity index (χ0v) is 6.60. The standard InChI is InChI=1S/C8H12N2O/c1-2-6-11-7-5-10-4-3-9-8-10/h2-4,6,8H,5,7H2,1H3. The van der Waals surface area contributed by atoms with E-state index >= 15 is 0 Å². The maximum atomic E-state index is 5.13. The predicted molar refractivity (Wildman–Crippen MR) is 43.0 cm³/mol. The third-order valence-corrected chi connectivity index (χ3v) is 1.26.